The summed E-state index contributed by atoms with van der Waals surface area (Å²) < 4.78 is 38.1. The Kier molecular flexibility index (Phi) is 5.90. The molecule has 0 saturated heterocycles. The van der Waals surface area contributed by atoms with Crippen molar-refractivity contribution in [1.29, 1.82) is 0 Å². The molecule has 0 unspecified atom stereocenters. The van der Waals surface area contributed by atoms with Crippen LogP contribution in [0.4, 0.5) is 29.3 Å². The molecule has 162 valence electrons. The first-order valence-electron chi connectivity index (χ1n) is 8.94. The molecule has 0 radical (unpaired) electrons. The van der Waals surface area contributed by atoms with Crippen LogP contribution in [0, 0.1) is 10.1 Å². The molecule has 2 N–H and O–H groups in total. The number of nitro groups is 1. The number of imide groups is 1. The quantitative estimate of drug-likeness (QED) is 0.311. The summed E-state index contributed by atoms with van der Waals surface area (Å²) in [4.78, 5) is 47.6. The molecule has 0 saturated carbocycles. The first kappa shape index (κ1) is 21.7. The Hall–Kier alpha value is -3.96. The van der Waals surface area contributed by atoms with Crippen molar-refractivity contribution in [3.63, 3.8) is 0 Å². The molecule has 1 heterocycles. The van der Waals surface area contributed by atoms with Crippen molar-refractivity contribution >= 4 is 29.2 Å². The van der Waals surface area contributed by atoms with Gasteiger partial charge in [-0.25, -0.2) is 4.79 Å². The first-order valence-corrected chi connectivity index (χ1v) is 8.94. The Morgan fingerprint density at radius 2 is 1.77 bits per heavy atom. The number of anilines is 1. The molecule has 0 aliphatic carbocycles. The van der Waals surface area contributed by atoms with Gasteiger partial charge in [0, 0.05) is 30.9 Å². The molecule has 3 rings (SSSR count). The van der Waals surface area contributed by atoms with E-state index in [2.05, 4.69) is 10.6 Å². The number of alkyl halides is 3. The molecule has 12 heteroatoms. The Bertz CT molecular complexity index is 1070. The Balaban J connectivity index is 1.51. The van der Waals surface area contributed by atoms with Crippen molar-refractivity contribution in [3.05, 3.63) is 69.3 Å². The van der Waals surface area contributed by atoms with Gasteiger partial charge in [0.15, 0.2) is 0 Å². The number of nitro benzene ring substituents is 1. The minimum absolute atomic E-state index is 0.0261. The van der Waals surface area contributed by atoms with Crippen molar-refractivity contribution < 1.29 is 32.5 Å². The van der Waals surface area contributed by atoms with E-state index < -0.39 is 34.5 Å². The number of nitrogens with one attached hydrogen (secondary N) is 2. The number of benzene rings is 2. The predicted octanol–water partition coefficient (Wildman–Crippen LogP) is 3.42. The van der Waals surface area contributed by atoms with Crippen LogP contribution in [0.25, 0.3) is 0 Å². The third kappa shape index (κ3) is 4.79. The van der Waals surface area contributed by atoms with Crippen LogP contribution in [-0.4, -0.2) is 40.8 Å². The van der Waals surface area contributed by atoms with E-state index >= 15 is 0 Å². The van der Waals surface area contributed by atoms with Gasteiger partial charge in [0.1, 0.15) is 0 Å². The van der Waals surface area contributed by atoms with Crippen molar-refractivity contribution in [3.8, 4) is 0 Å². The SMILES string of the molecule is O=C(NCCCN1C(=O)c2ccc([N+](=O)[O-])cc2C1=O)Nc1cccc(C(F)(F)F)c1. The summed E-state index contributed by atoms with van der Waals surface area (Å²) in [5, 5.41) is 15.5. The van der Waals surface area contributed by atoms with Gasteiger partial charge < -0.3 is 10.6 Å². The number of hydrogen-bond donors (Lipinski definition) is 2. The lowest BCUT2D eigenvalue weighted by Gasteiger charge is -2.14. The number of amides is 4. The fourth-order valence-corrected chi connectivity index (χ4v) is 2.98. The molecule has 9 nitrogen and oxygen atoms in total. The fraction of sp³-hybridized carbons (Fsp3) is 0.211. The standard InChI is InChI=1S/C19H15F3N4O5/c20-19(21,22)11-3-1-4-12(9-11)24-18(29)23-7-2-8-25-16(27)14-6-5-13(26(30)31)10-15(14)17(25)28/h1,3-6,9-10H,2,7-8H2,(H2,23,24,29). The smallest absolute Gasteiger partial charge is 0.338 e. The summed E-state index contributed by atoms with van der Waals surface area (Å²) in [6.07, 6.45) is -4.37. The number of non-ortho nitro benzene ring substituents is 1. The average Bonchev–Trinajstić information content (AvgIpc) is 2.94. The monoisotopic (exact) mass is 436 g/mol. The minimum atomic E-state index is -4.54. The van der Waals surface area contributed by atoms with E-state index in [9.17, 15) is 37.7 Å². The zero-order valence-electron chi connectivity index (χ0n) is 15.7. The van der Waals surface area contributed by atoms with Gasteiger partial charge in [-0.3, -0.25) is 24.6 Å². The lowest BCUT2D eigenvalue weighted by molar-refractivity contribution is -0.384. The van der Waals surface area contributed by atoms with Gasteiger partial charge in [0.2, 0.25) is 0 Å². The second-order valence-corrected chi connectivity index (χ2v) is 6.56. The van der Waals surface area contributed by atoms with Crippen molar-refractivity contribution in [2.45, 2.75) is 12.6 Å². The van der Waals surface area contributed by atoms with Crippen LogP contribution >= 0.6 is 0 Å². The summed E-state index contributed by atoms with van der Waals surface area (Å²) in [7, 11) is 0. The zero-order chi connectivity index (χ0) is 22.8. The number of urea groups is 1. The molecule has 4 amide bonds. The van der Waals surface area contributed by atoms with Crippen LogP contribution in [0.15, 0.2) is 42.5 Å². The summed E-state index contributed by atoms with van der Waals surface area (Å²) in [6.45, 7) is -0.0255. The Morgan fingerprint density at radius 3 is 2.45 bits per heavy atom. The van der Waals surface area contributed by atoms with Crippen LogP contribution in [0.1, 0.15) is 32.7 Å². The molecule has 0 aromatic heterocycles. The normalized spacial score (nSPS) is 13.2. The predicted molar refractivity (Wildman–Crippen MR) is 102 cm³/mol. The summed E-state index contributed by atoms with van der Waals surface area (Å²) in [5.41, 5.74) is -1.26. The Morgan fingerprint density at radius 1 is 1.06 bits per heavy atom. The first-order chi connectivity index (χ1) is 14.6. The van der Waals surface area contributed by atoms with Crippen molar-refractivity contribution in [1.82, 2.24) is 10.2 Å². The van der Waals surface area contributed by atoms with E-state index in [-0.39, 0.29) is 42.0 Å². The molecule has 31 heavy (non-hydrogen) atoms. The van der Waals surface area contributed by atoms with E-state index in [1.165, 1.54) is 12.1 Å². The highest BCUT2D eigenvalue weighted by molar-refractivity contribution is 6.21. The van der Waals surface area contributed by atoms with E-state index in [1.807, 2.05) is 0 Å². The van der Waals surface area contributed by atoms with Gasteiger partial charge in [-0.05, 0) is 30.7 Å². The van der Waals surface area contributed by atoms with Crippen LogP contribution in [0.2, 0.25) is 0 Å². The number of fused-ring (bicyclic) bond motifs is 1. The minimum Gasteiger partial charge on any atom is -0.338 e. The number of rotatable bonds is 6. The Labute approximate surface area is 173 Å². The molecular formula is C19H15F3N4O5. The van der Waals surface area contributed by atoms with Gasteiger partial charge in [0.05, 0.1) is 21.6 Å². The maximum atomic E-state index is 12.7. The number of carbonyl (C=O) groups excluding carboxylic acids is 3. The number of hydrogen-bond acceptors (Lipinski definition) is 5. The van der Waals surface area contributed by atoms with Gasteiger partial charge >= 0.3 is 12.2 Å². The van der Waals surface area contributed by atoms with Crippen molar-refractivity contribution in [2.24, 2.45) is 0 Å². The van der Waals surface area contributed by atoms with Crippen LogP contribution < -0.4 is 10.6 Å². The lowest BCUT2D eigenvalue weighted by Crippen LogP contribution is -2.35. The summed E-state index contributed by atoms with van der Waals surface area (Å²) in [5.74, 6) is -1.26. The average molecular weight is 436 g/mol. The van der Waals surface area contributed by atoms with E-state index in [0.29, 0.717) is 0 Å². The second kappa shape index (κ2) is 8.42. The highest BCUT2D eigenvalue weighted by atomic mass is 19.4. The zero-order valence-corrected chi connectivity index (χ0v) is 15.7. The highest BCUT2D eigenvalue weighted by Crippen LogP contribution is 2.30. The molecule has 0 spiro atoms. The number of carbonyl (C=O) groups is 3. The third-order valence-corrected chi connectivity index (χ3v) is 4.46. The maximum Gasteiger partial charge on any atom is 0.416 e. The van der Waals surface area contributed by atoms with E-state index in [4.69, 9.17) is 0 Å². The number of halogens is 3. The fourth-order valence-electron chi connectivity index (χ4n) is 2.98. The van der Waals surface area contributed by atoms with Gasteiger partial charge in [-0.2, -0.15) is 13.2 Å². The summed E-state index contributed by atoms with van der Waals surface area (Å²) >= 11 is 0. The highest BCUT2D eigenvalue weighted by Gasteiger charge is 2.36. The van der Waals surface area contributed by atoms with Crippen LogP contribution in [0.5, 0.6) is 0 Å². The topological polar surface area (TPSA) is 122 Å². The summed E-state index contributed by atoms with van der Waals surface area (Å²) in [6, 6.07) is 6.75. The van der Waals surface area contributed by atoms with Gasteiger partial charge in [-0.15, -0.1) is 0 Å². The molecule has 2 aromatic rings. The molecule has 1 aliphatic rings. The molecular weight excluding hydrogens is 421 g/mol. The van der Waals surface area contributed by atoms with E-state index in [0.717, 1.165) is 35.2 Å². The molecule has 1 aliphatic heterocycles. The molecule has 0 fully saturated rings. The lowest BCUT2D eigenvalue weighted by atomic mass is 10.1. The van der Waals surface area contributed by atoms with E-state index in [1.54, 1.807) is 0 Å². The van der Waals surface area contributed by atoms with Crippen LogP contribution in [-0.2, 0) is 6.18 Å². The van der Waals surface area contributed by atoms with Gasteiger partial charge in [-0.1, -0.05) is 6.07 Å². The number of nitrogens with zero attached hydrogens (tertiary/aromatic N) is 2. The molecule has 0 atom stereocenters. The third-order valence-electron chi connectivity index (χ3n) is 4.46. The molecule has 0 bridgehead atoms. The van der Waals surface area contributed by atoms with Gasteiger partial charge in [0.25, 0.3) is 17.5 Å². The second-order valence-electron chi connectivity index (χ2n) is 6.56. The maximum absolute atomic E-state index is 12.7. The molecule has 2 aromatic carbocycles. The van der Waals surface area contributed by atoms with Crippen molar-refractivity contribution in [2.75, 3.05) is 18.4 Å². The van der Waals surface area contributed by atoms with Crippen LogP contribution in [0.3, 0.4) is 0 Å². The largest absolute Gasteiger partial charge is 0.416 e.